The summed E-state index contributed by atoms with van der Waals surface area (Å²) < 4.78 is 2.24. The Morgan fingerprint density at radius 3 is 3.07 bits per heavy atom. The quantitative estimate of drug-likeness (QED) is 0.772. The molecule has 2 rings (SSSR count). The number of nitrogens with one attached hydrogen (secondary N) is 1. The van der Waals surface area contributed by atoms with Crippen LogP contribution in [-0.4, -0.2) is 15.6 Å². The fraction of sp³-hybridized carbons (Fsp3) is 0.727. The predicted molar refractivity (Wildman–Crippen MR) is 56.9 cm³/mol. The van der Waals surface area contributed by atoms with Crippen LogP contribution in [0.3, 0.4) is 0 Å². The second kappa shape index (κ2) is 4.13. The molecule has 1 heterocycles. The van der Waals surface area contributed by atoms with Gasteiger partial charge in [-0.3, -0.25) is 0 Å². The average molecular weight is 193 g/mol. The monoisotopic (exact) mass is 193 g/mol. The molecule has 3 heteroatoms. The van der Waals surface area contributed by atoms with Gasteiger partial charge in [-0.25, -0.2) is 4.98 Å². The SMILES string of the molecule is CCCn1cncc1CNC1CC1C. The van der Waals surface area contributed by atoms with Gasteiger partial charge in [0, 0.05) is 25.3 Å². The summed E-state index contributed by atoms with van der Waals surface area (Å²) in [6, 6.07) is 0.750. The first kappa shape index (κ1) is 9.71. The number of rotatable bonds is 5. The summed E-state index contributed by atoms with van der Waals surface area (Å²) in [5.74, 6) is 0.873. The topological polar surface area (TPSA) is 29.9 Å². The highest BCUT2D eigenvalue weighted by atomic mass is 15.1. The molecule has 1 N–H and O–H groups in total. The summed E-state index contributed by atoms with van der Waals surface area (Å²) in [4.78, 5) is 4.18. The molecular weight excluding hydrogens is 174 g/mol. The van der Waals surface area contributed by atoms with Gasteiger partial charge in [-0.1, -0.05) is 13.8 Å². The molecule has 0 spiro atoms. The lowest BCUT2D eigenvalue weighted by molar-refractivity contribution is 0.587. The largest absolute Gasteiger partial charge is 0.333 e. The Morgan fingerprint density at radius 2 is 2.43 bits per heavy atom. The Bertz CT molecular complexity index is 292. The van der Waals surface area contributed by atoms with Crippen molar-refractivity contribution < 1.29 is 0 Å². The number of hydrogen-bond acceptors (Lipinski definition) is 2. The minimum atomic E-state index is 0.750. The molecule has 1 aromatic heterocycles. The highest BCUT2D eigenvalue weighted by Crippen LogP contribution is 2.29. The van der Waals surface area contributed by atoms with Crippen molar-refractivity contribution in [3.8, 4) is 0 Å². The van der Waals surface area contributed by atoms with Crippen molar-refractivity contribution in [2.75, 3.05) is 0 Å². The van der Waals surface area contributed by atoms with Crippen LogP contribution in [0.25, 0.3) is 0 Å². The van der Waals surface area contributed by atoms with E-state index in [2.05, 4.69) is 28.7 Å². The molecule has 14 heavy (non-hydrogen) atoms. The van der Waals surface area contributed by atoms with Crippen molar-refractivity contribution in [1.82, 2.24) is 14.9 Å². The molecule has 2 unspecified atom stereocenters. The second-order valence-corrected chi connectivity index (χ2v) is 4.28. The lowest BCUT2D eigenvalue weighted by Crippen LogP contribution is -2.19. The minimum absolute atomic E-state index is 0.750. The summed E-state index contributed by atoms with van der Waals surface area (Å²) in [6.45, 7) is 6.54. The summed E-state index contributed by atoms with van der Waals surface area (Å²) in [5, 5.41) is 3.55. The molecule has 0 saturated heterocycles. The van der Waals surface area contributed by atoms with Gasteiger partial charge < -0.3 is 9.88 Å². The molecule has 1 aliphatic carbocycles. The van der Waals surface area contributed by atoms with Crippen LogP contribution in [0.5, 0.6) is 0 Å². The van der Waals surface area contributed by atoms with Crippen molar-refractivity contribution in [3.05, 3.63) is 18.2 Å². The van der Waals surface area contributed by atoms with Gasteiger partial charge in [-0.15, -0.1) is 0 Å². The second-order valence-electron chi connectivity index (χ2n) is 4.28. The van der Waals surface area contributed by atoms with Crippen LogP contribution in [0.1, 0.15) is 32.4 Å². The summed E-state index contributed by atoms with van der Waals surface area (Å²) >= 11 is 0. The smallest absolute Gasteiger partial charge is 0.0948 e. The van der Waals surface area contributed by atoms with Gasteiger partial charge in [0.2, 0.25) is 0 Å². The Hall–Kier alpha value is -0.830. The number of hydrogen-bond donors (Lipinski definition) is 1. The maximum Gasteiger partial charge on any atom is 0.0948 e. The van der Waals surface area contributed by atoms with E-state index in [9.17, 15) is 0 Å². The molecule has 3 nitrogen and oxygen atoms in total. The van der Waals surface area contributed by atoms with E-state index in [1.807, 2.05) is 12.5 Å². The normalized spacial score (nSPS) is 25.3. The standard InChI is InChI=1S/C11H19N3/c1-3-4-14-8-12-6-10(14)7-13-11-5-9(11)2/h6,8-9,11,13H,3-5,7H2,1-2H3. The number of nitrogens with zero attached hydrogens (tertiary/aromatic N) is 2. The Morgan fingerprint density at radius 1 is 1.64 bits per heavy atom. The van der Waals surface area contributed by atoms with Gasteiger partial charge in [-0.05, 0) is 18.8 Å². The summed E-state index contributed by atoms with van der Waals surface area (Å²) in [5.41, 5.74) is 1.31. The molecule has 0 aromatic carbocycles. The number of aromatic nitrogens is 2. The third kappa shape index (κ3) is 2.15. The van der Waals surface area contributed by atoms with Gasteiger partial charge in [0.25, 0.3) is 0 Å². The van der Waals surface area contributed by atoms with Crippen LogP contribution in [0.4, 0.5) is 0 Å². The number of aryl methyl sites for hydroxylation is 1. The van der Waals surface area contributed by atoms with Gasteiger partial charge >= 0.3 is 0 Å². The fourth-order valence-corrected chi connectivity index (χ4v) is 1.78. The van der Waals surface area contributed by atoms with E-state index < -0.39 is 0 Å². The van der Waals surface area contributed by atoms with Crippen LogP contribution >= 0.6 is 0 Å². The van der Waals surface area contributed by atoms with Crippen molar-refractivity contribution in [2.24, 2.45) is 5.92 Å². The van der Waals surface area contributed by atoms with Crippen LogP contribution in [0, 0.1) is 5.92 Å². The van der Waals surface area contributed by atoms with E-state index in [1.54, 1.807) is 0 Å². The van der Waals surface area contributed by atoms with Crippen LogP contribution in [0.2, 0.25) is 0 Å². The zero-order valence-corrected chi connectivity index (χ0v) is 9.03. The van der Waals surface area contributed by atoms with E-state index in [4.69, 9.17) is 0 Å². The third-order valence-electron chi connectivity index (χ3n) is 2.92. The Balaban J connectivity index is 1.85. The minimum Gasteiger partial charge on any atom is -0.333 e. The molecule has 1 aliphatic rings. The lowest BCUT2D eigenvalue weighted by atomic mass is 10.4. The highest BCUT2D eigenvalue weighted by Gasteiger charge is 2.31. The number of imidazole rings is 1. The van der Waals surface area contributed by atoms with Crippen LogP contribution in [0.15, 0.2) is 12.5 Å². The van der Waals surface area contributed by atoms with Crippen molar-refractivity contribution in [1.29, 1.82) is 0 Å². The Labute approximate surface area is 85.5 Å². The predicted octanol–water partition coefficient (Wildman–Crippen LogP) is 1.79. The van der Waals surface area contributed by atoms with E-state index in [0.717, 1.165) is 25.0 Å². The highest BCUT2D eigenvalue weighted by molar-refractivity contribution is 5.00. The molecule has 1 aromatic rings. The first-order chi connectivity index (χ1) is 6.81. The van der Waals surface area contributed by atoms with Gasteiger partial charge in [0.1, 0.15) is 0 Å². The van der Waals surface area contributed by atoms with E-state index >= 15 is 0 Å². The summed E-state index contributed by atoms with van der Waals surface area (Å²) in [7, 11) is 0. The van der Waals surface area contributed by atoms with Crippen molar-refractivity contribution in [3.63, 3.8) is 0 Å². The first-order valence-electron chi connectivity index (χ1n) is 5.53. The van der Waals surface area contributed by atoms with Gasteiger partial charge in [-0.2, -0.15) is 0 Å². The summed E-state index contributed by atoms with van der Waals surface area (Å²) in [6.07, 6.45) is 6.40. The zero-order chi connectivity index (χ0) is 9.97. The lowest BCUT2D eigenvalue weighted by Gasteiger charge is -2.07. The molecule has 1 fully saturated rings. The molecule has 0 radical (unpaired) electrons. The molecule has 0 aliphatic heterocycles. The fourth-order valence-electron chi connectivity index (χ4n) is 1.78. The van der Waals surface area contributed by atoms with E-state index in [0.29, 0.717) is 0 Å². The average Bonchev–Trinajstić information content (AvgIpc) is 2.70. The van der Waals surface area contributed by atoms with E-state index in [1.165, 1.54) is 18.5 Å². The molecule has 0 amide bonds. The van der Waals surface area contributed by atoms with Crippen molar-refractivity contribution in [2.45, 2.75) is 45.8 Å². The van der Waals surface area contributed by atoms with Crippen molar-refractivity contribution >= 4 is 0 Å². The maximum absolute atomic E-state index is 4.18. The third-order valence-corrected chi connectivity index (χ3v) is 2.92. The van der Waals surface area contributed by atoms with E-state index in [-0.39, 0.29) is 0 Å². The van der Waals surface area contributed by atoms with Crippen LogP contribution in [-0.2, 0) is 13.1 Å². The Kier molecular flexibility index (Phi) is 2.87. The molecule has 2 atom stereocenters. The zero-order valence-electron chi connectivity index (χ0n) is 9.03. The molecule has 0 bridgehead atoms. The maximum atomic E-state index is 4.18. The van der Waals surface area contributed by atoms with Crippen LogP contribution < -0.4 is 5.32 Å². The molecular formula is C11H19N3. The van der Waals surface area contributed by atoms with Gasteiger partial charge in [0.05, 0.1) is 12.0 Å². The molecule has 78 valence electrons. The first-order valence-corrected chi connectivity index (χ1v) is 5.53. The molecule has 1 saturated carbocycles. The van der Waals surface area contributed by atoms with Gasteiger partial charge in [0.15, 0.2) is 0 Å².